The summed E-state index contributed by atoms with van der Waals surface area (Å²) >= 11 is 0. The van der Waals surface area contributed by atoms with Crippen LogP contribution >= 0.6 is 0 Å². The van der Waals surface area contributed by atoms with Crippen LogP contribution in [0.5, 0.6) is 5.75 Å². The van der Waals surface area contributed by atoms with Gasteiger partial charge in [-0.05, 0) is 42.0 Å². The van der Waals surface area contributed by atoms with Gasteiger partial charge in [0.2, 0.25) is 0 Å². The second-order valence-electron chi connectivity index (χ2n) is 8.09. The lowest BCUT2D eigenvalue weighted by Gasteiger charge is -2.26. The molecule has 2 aromatic carbocycles. The highest BCUT2D eigenvalue weighted by molar-refractivity contribution is 6.05. The van der Waals surface area contributed by atoms with Crippen LogP contribution in [0.2, 0.25) is 0 Å². The van der Waals surface area contributed by atoms with E-state index in [-0.39, 0.29) is 5.91 Å². The van der Waals surface area contributed by atoms with Gasteiger partial charge in [0.05, 0.1) is 30.8 Å². The molecule has 7 heteroatoms. The molecule has 1 saturated heterocycles. The Labute approximate surface area is 192 Å². The summed E-state index contributed by atoms with van der Waals surface area (Å²) in [5.41, 5.74) is 4.12. The van der Waals surface area contributed by atoms with Crippen molar-refractivity contribution in [2.45, 2.75) is 13.2 Å². The molecule has 1 aliphatic heterocycles. The molecule has 0 spiro atoms. The number of benzene rings is 2. The lowest BCUT2D eigenvalue weighted by Crippen LogP contribution is -2.35. The second kappa shape index (κ2) is 9.85. The van der Waals surface area contributed by atoms with Gasteiger partial charge in [-0.15, -0.1) is 0 Å². The zero-order chi connectivity index (χ0) is 22.5. The van der Waals surface area contributed by atoms with Gasteiger partial charge in [0.25, 0.3) is 5.91 Å². The van der Waals surface area contributed by atoms with Crippen molar-refractivity contribution in [3.8, 4) is 5.75 Å². The molecule has 5 rings (SSSR count). The van der Waals surface area contributed by atoms with Crippen molar-refractivity contribution in [1.82, 2.24) is 14.9 Å². The van der Waals surface area contributed by atoms with Gasteiger partial charge in [-0.3, -0.25) is 14.7 Å². The predicted molar refractivity (Wildman–Crippen MR) is 127 cm³/mol. The summed E-state index contributed by atoms with van der Waals surface area (Å²) < 4.78 is 11.3. The Balaban J connectivity index is 1.21. The van der Waals surface area contributed by atoms with Crippen molar-refractivity contribution in [1.29, 1.82) is 0 Å². The van der Waals surface area contributed by atoms with E-state index in [1.807, 2.05) is 66.7 Å². The third-order valence-electron chi connectivity index (χ3n) is 5.66. The van der Waals surface area contributed by atoms with Crippen molar-refractivity contribution in [2.75, 3.05) is 31.6 Å². The standard InChI is InChI=1S/C26H26N4O3/c31-26(28-21-6-7-22(27-16-21)17-30-10-12-32-13-11-30)25-15-20-14-23(8-9-24(20)29-25)33-18-19-4-2-1-3-5-19/h1-9,14-16,29H,10-13,17-18H2,(H,28,31). The molecular weight excluding hydrogens is 416 g/mol. The predicted octanol–water partition coefficient (Wildman–Crippen LogP) is 4.23. The molecule has 3 heterocycles. The molecule has 33 heavy (non-hydrogen) atoms. The minimum absolute atomic E-state index is 0.208. The lowest BCUT2D eigenvalue weighted by atomic mass is 10.2. The molecule has 0 bridgehead atoms. The summed E-state index contributed by atoms with van der Waals surface area (Å²) in [6.45, 7) is 4.64. The van der Waals surface area contributed by atoms with Gasteiger partial charge in [-0.25, -0.2) is 0 Å². The average Bonchev–Trinajstić information content (AvgIpc) is 3.29. The number of hydrogen-bond donors (Lipinski definition) is 2. The number of rotatable bonds is 7. The van der Waals surface area contributed by atoms with E-state index in [0.29, 0.717) is 18.0 Å². The Morgan fingerprint density at radius 3 is 2.70 bits per heavy atom. The van der Waals surface area contributed by atoms with E-state index in [9.17, 15) is 4.79 Å². The molecule has 0 unspecified atom stereocenters. The number of anilines is 1. The first-order valence-corrected chi connectivity index (χ1v) is 11.1. The number of carbonyl (C=O) groups excluding carboxylic acids is 1. The molecule has 7 nitrogen and oxygen atoms in total. The molecule has 0 radical (unpaired) electrons. The molecule has 1 amide bonds. The number of nitrogens with one attached hydrogen (secondary N) is 2. The molecule has 2 N–H and O–H groups in total. The first-order valence-electron chi connectivity index (χ1n) is 11.1. The Morgan fingerprint density at radius 1 is 1.06 bits per heavy atom. The van der Waals surface area contributed by atoms with Crippen LogP contribution in [0.25, 0.3) is 10.9 Å². The largest absolute Gasteiger partial charge is 0.489 e. The zero-order valence-electron chi connectivity index (χ0n) is 18.3. The van der Waals surface area contributed by atoms with Crippen LogP contribution in [-0.2, 0) is 17.9 Å². The van der Waals surface area contributed by atoms with Crippen LogP contribution in [0, 0.1) is 0 Å². The highest BCUT2D eigenvalue weighted by Gasteiger charge is 2.13. The monoisotopic (exact) mass is 442 g/mol. The van der Waals surface area contributed by atoms with Crippen molar-refractivity contribution >= 4 is 22.5 Å². The molecular formula is C26H26N4O3. The SMILES string of the molecule is O=C(Nc1ccc(CN2CCOCC2)nc1)c1cc2cc(OCc3ccccc3)ccc2[nH]1. The zero-order valence-corrected chi connectivity index (χ0v) is 18.3. The topological polar surface area (TPSA) is 79.5 Å². The van der Waals surface area contributed by atoms with Gasteiger partial charge in [0.1, 0.15) is 18.1 Å². The number of hydrogen-bond acceptors (Lipinski definition) is 5. The van der Waals surface area contributed by atoms with Crippen molar-refractivity contribution in [2.24, 2.45) is 0 Å². The molecule has 0 atom stereocenters. The summed E-state index contributed by atoms with van der Waals surface area (Å²) in [6.07, 6.45) is 1.70. The highest BCUT2D eigenvalue weighted by atomic mass is 16.5. The minimum Gasteiger partial charge on any atom is -0.489 e. The Morgan fingerprint density at radius 2 is 1.91 bits per heavy atom. The van der Waals surface area contributed by atoms with Crippen LogP contribution in [0.4, 0.5) is 5.69 Å². The molecule has 4 aromatic rings. The van der Waals surface area contributed by atoms with Crippen LogP contribution in [0.15, 0.2) is 72.9 Å². The lowest BCUT2D eigenvalue weighted by molar-refractivity contribution is 0.0336. The van der Waals surface area contributed by atoms with Crippen LogP contribution in [0.1, 0.15) is 21.7 Å². The maximum absolute atomic E-state index is 12.8. The third kappa shape index (κ3) is 5.39. The smallest absolute Gasteiger partial charge is 0.272 e. The molecule has 0 saturated carbocycles. The van der Waals surface area contributed by atoms with Gasteiger partial charge < -0.3 is 19.8 Å². The average molecular weight is 443 g/mol. The first kappa shape index (κ1) is 21.2. The fourth-order valence-electron chi connectivity index (χ4n) is 3.84. The summed E-state index contributed by atoms with van der Waals surface area (Å²) in [5, 5.41) is 3.83. The fourth-order valence-corrected chi connectivity index (χ4v) is 3.84. The molecule has 1 aliphatic rings. The van der Waals surface area contributed by atoms with E-state index < -0.39 is 0 Å². The quantitative estimate of drug-likeness (QED) is 0.448. The summed E-state index contributed by atoms with van der Waals surface area (Å²) in [4.78, 5) is 22.7. The number of morpholine rings is 1. The van der Waals surface area contributed by atoms with Gasteiger partial charge in [0, 0.05) is 30.5 Å². The third-order valence-corrected chi connectivity index (χ3v) is 5.66. The second-order valence-corrected chi connectivity index (χ2v) is 8.09. The molecule has 168 valence electrons. The van der Waals surface area contributed by atoms with Crippen molar-refractivity contribution < 1.29 is 14.3 Å². The highest BCUT2D eigenvalue weighted by Crippen LogP contribution is 2.23. The number of aromatic nitrogens is 2. The molecule has 1 fully saturated rings. The van der Waals surface area contributed by atoms with Gasteiger partial charge in [0.15, 0.2) is 0 Å². The van der Waals surface area contributed by atoms with E-state index in [4.69, 9.17) is 9.47 Å². The van der Waals surface area contributed by atoms with E-state index >= 15 is 0 Å². The van der Waals surface area contributed by atoms with Crippen molar-refractivity contribution in [3.05, 3.63) is 89.9 Å². The Hall–Kier alpha value is -3.68. The number of amides is 1. The summed E-state index contributed by atoms with van der Waals surface area (Å²) in [6, 6.07) is 21.5. The van der Waals surface area contributed by atoms with E-state index in [1.54, 1.807) is 6.20 Å². The van der Waals surface area contributed by atoms with Gasteiger partial charge >= 0.3 is 0 Å². The normalized spacial score (nSPS) is 14.3. The number of H-pyrrole nitrogens is 1. The summed E-state index contributed by atoms with van der Waals surface area (Å²) in [5.74, 6) is 0.554. The van der Waals surface area contributed by atoms with Crippen LogP contribution in [-0.4, -0.2) is 47.1 Å². The maximum Gasteiger partial charge on any atom is 0.272 e. The molecule has 0 aliphatic carbocycles. The van der Waals surface area contributed by atoms with Gasteiger partial charge in [-0.2, -0.15) is 0 Å². The number of carbonyl (C=O) groups is 1. The number of ether oxygens (including phenoxy) is 2. The Kier molecular flexibility index (Phi) is 6.32. The van der Waals surface area contributed by atoms with E-state index in [2.05, 4.69) is 20.2 Å². The van der Waals surface area contributed by atoms with E-state index in [1.165, 1.54) is 0 Å². The number of fused-ring (bicyclic) bond motifs is 1. The van der Waals surface area contributed by atoms with Crippen LogP contribution < -0.4 is 10.1 Å². The van der Waals surface area contributed by atoms with Crippen molar-refractivity contribution in [3.63, 3.8) is 0 Å². The number of pyridine rings is 1. The van der Waals surface area contributed by atoms with Crippen LogP contribution in [0.3, 0.4) is 0 Å². The Bertz CT molecular complexity index is 1220. The minimum atomic E-state index is -0.208. The fraction of sp³-hybridized carbons (Fsp3) is 0.231. The van der Waals surface area contributed by atoms with E-state index in [0.717, 1.165) is 60.8 Å². The summed E-state index contributed by atoms with van der Waals surface area (Å²) in [7, 11) is 0. The maximum atomic E-state index is 12.8. The van der Waals surface area contributed by atoms with Gasteiger partial charge in [-0.1, -0.05) is 30.3 Å². The first-order chi connectivity index (χ1) is 16.2. The number of aromatic amines is 1. The molecule has 2 aromatic heterocycles. The number of nitrogens with zero attached hydrogens (tertiary/aromatic N) is 2.